The topological polar surface area (TPSA) is 89.5 Å². The molecule has 0 radical (unpaired) electrons. The molecule has 3 rings (SSSR count). The van der Waals surface area contributed by atoms with Gasteiger partial charge in [0.15, 0.2) is 5.17 Å². The van der Waals surface area contributed by atoms with Crippen molar-refractivity contribution >= 4 is 40.1 Å². The molecule has 2 amide bonds. The molecular formula is C26H33N3O5S. The number of para-hydroxylation sites is 2. The number of nitrogens with zero attached hydrogens (tertiary/aromatic N) is 2. The van der Waals surface area contributed by atoms with Gasteiger partial charge in [0, 0.05) is 18.5 Å². The maximum atomic E-state index is 13.5. The van der Waals surface area contributed by atoms with E-state index in [9.17, 15) is 9.59 Å². The fraction of sp³-hybridized carbons (Fsp3) is 0.423. The maximum absolute atomic E-state index is 13.5. The number of hydrogen-bond acceptors (Lipinski definition) is 7. The number of benzene rings is 2. The first kappa shape index (κ1) is 26.4. The van der Waals surface area contributed by atoms with Gasteiger partial charge < -0.3 is 19.5 Å². The zero-order chi connectivity index (χ0) is 25.4. The third kappa shape index (κ3) is 6.28. The molecule has 8 nitrogen and oxygen atoms in total. The van der Waals surface area contributed by atoms with Crippen molar-refractivity contribution < 1.29 is 23.8 Å². The second-order valence-electron chi connectivity index (χ2n) is 7.90. The Balaban J connectivity index is 1.85. The van der Waals surface area contributed by atoms with E-state index in [2.05, 4.69) is 5.32 Å². The van der Waals surface area contributed by atoms with Gasteiger partial charge in [-0.05, 0) is 44.0 Å². The number of hydrogen-bond donors (Lipinski definition) is 1. The van der Waals surface area contributed by atoms with Crippen LogP contribution < -0.4 is 19.5 Å². The summed E-state index contributed by atoms with van der Waals surface area (Å²) < 4.78 is 16.3. The molecule has 0 aliphatic carbocycles. The number of anilines is 1. The van der Waals surface area contributed by atoms with E-state index in [0.29, 0.717) is 40.4 Å². The molecule has 2 aromatic carbocycles. The third-order valence-corrected chi connectivity index (χ3v) is 6.86. The van der Waals surface area contributed by atoms with Gasteiger partial charge >= 0.3 is 0 Å². The van der Waals surface area contributed by atoms with Crippen molar-refractivity contribution in [2.75, 3.05) is 26.1 Å². The lowest BCUT2D eigenvalue weighted by Gasteiger charge is -2.25. The highest BCUT2D eigenvalue weighted by Gasteiger charge is 2.42. The van der Waals surface area contributed by atoms with Crippen LogP contribution in [0.25, 0.3) is 0 Å². The van der Waals surface area contributed by atoms with Gasteiger partial charge in [0.2, 0.25) is 11.8 Å². The summed E-state index contributed by atoms with van der Waals surface area (Å²) in [7, 11) is 3.09. The van der Waals surface area contributed by atoms with Gasteiger partial charge in [-0.25, -0.2) is 4.99 Å². The van der Waals surface area contributed by atoms with Crippen molar-refractivity contribution in [1.82, 2.24) is 4.90 Å². The fourth-order valence-electron chi connectivity index (χ4n) is 3.89. The maximum Gasteiger partial charge on any atom is 0.242 e. The summed E-state index contributed by atoms with van der Waals surface area (Å²) in [4.78, 5) is 33.0. The standard InChI is InChI=1S/C26H33N3O5S/c1-6-17(7-2)29-25(31)23(35-26(29)28-19-11-9-10-12-22(19)34-8-3)16-24(30)27-20-15-18(32-4)13-14-21(20)33-5/h9-15,17,23H,6-8,16H2,1-5H3,(H,27,30). The van der Waals surface area contributed by atoms with Crippen LogP contribution in [0.5, 0.6) is 17.2 Å². The van der Waals surface area contributed by atoms with Gasteiger partial charge in [-0.15, -0.1) is 0 Å². The van der Waals surface area contributed by atoms with Crippen LogP contribution in [0.15, 0.2) is 47.5 Å². The number of ether oxygens (including phenoxy) is 3. The van der Waals surface area contributed by atoms with Crippen LogP contribution in [-0.4, -0.2) is 54.0 Å². The number of amides is 2. The van der Waals surface area contributed by atoms with Crippen LogP contribution in [0.4, 0.5) is 11.4 Å². The minimum atomic E-state index is -0.579. The second-order valence-corrected chi connectivity index (χ2v) is 9.07. The molecule has 1 N–H and O–H groups in total. The quantitative estimate of drug-likeness (QED) is 0.454. The first-order valence-electron chi connectivity index (χ1n) is 11.8. The van der Waals surface area contributed by atoms with E-state index in [1.807, 2.05) is 45.0 Å². The Bertz CT molecular complexity index is 1070. The summed E-state index contributed by atoms with van der Waals surface area (Å²) in [6.07, 6.45) is 1.58. The van der Waals surface area contributed by atoms with Crippen molar-refractivity contribution in [3.05, 3.63) is 42.5 Å². The molecule has 1 heterocycles. The van der Waals surface area contributed by atoms with Crippen molar-refractivity contribution in [3.8, 4) is 17.2 Å². The SMILES string of the molecule is CCOc1ccccc1N=C1SC(CC(=O)Nc2cc(OC)ccc2OC)C(=O)N1C(CC)CC. The van der Waals surface area contributed by atoms with E-state index in [1.54, 1.807) is 30.2 Å². The Hall–Kier alpha value is -3.20. The monoisotopic (exact) mass is 499 g/mol. The van der Waals surface area contributed by atoms with E-state index in [4.69, 9.17) is 19.2 Å². The summed E-state index contributed by atoms with van der Waals surface area (Å²) in [5.41, 5.74) is 1.15. The molecule has 0 bridgehead atoms. The molecule has 1 aliphatic rings. The predicted octanol–water partition coefficient (Wildman–Crippen LogP) is 5.25. The van der Waals surface area contributed by atoms with Crippen LogP contribution in [0, 0.1) is 0 Å². The highest BCUT2D eigenvalue weighted by atomic mass is 32.2. The lowest BCUT2D eigenvalue weighted by Crippen LogP contribution is -2.41. The third-order valence-electron chi connectivity index (χ3n) is 5.71. The second kappa shape index (κ2) is 12.5. The molecule has 0 spiro atoms. The van der Waals surface area contributed by atoms with Gasteiger partial charge in [-0.3, -0.25) is 14.5 Å². The summed E-state index contributed by atoms with van der Waals surface area (Å²) in [6, 6.07) is 12.7. The number of carbonyl (C=O) groups is 2. The average molecular weight is 500 g/mol. The Morgan fingerprint density at radius 2 is 1.83 bits per heavy atom. The van der Waals surface area contributed by atoms with E-state index in [-0.39, 0.29) is 24.3 Å². The van der Waals surface area contributed by atoms with Crippen LogP contribution in [0.2, 0.25) is 0 Å². The molecule has 0 aromatic heterocycles. The Morgan fingerprint density at radius 3 is 2.49 bits per heavy atom. The molecule has 1 fully saturated rings. The van der Waals surface area contributed by atoms with Gasteiger partial charge in [-0.2, -0.15) is 0 Å². The van der Waals surface area contributed by atoms with Crippen molar-refractivity contribution in [2.24, 2.45) is 4.99 Å². The molecule has 188 valence electrons. The summed E-state index contributed by atoms with van der Waals surface area (Å²) in [5, 5.41) is 2.87. The molecule has 1 unspecified atom stereocenters. The minimum Gasteiger partial charge on any atom is -0.497 e. The van der Waals surface area contributed by atoms with Gasteiger partial charge in [0.05, 0.1) is 26.5 Å². The zero-order valence-corrected chi connectivity index (χ0v) is 21.7. The normalized spacial score (nSPS) is 16.6. The average Bonchev–Trinajstić information content (AvgIpc) is 3.15. The first-order chi connectivity index (χ1) is 16.9. The molecule has 1 saturated heterocycles. The molecule has 9 heteroatoms. The van der Waals surface area contributed by atoms with Gasteiger partial charge in [0.1, 0.15) is 28.2 Å². The number of methoxy groups -OCH3 is 2. The lowest BCUT2D eigenvalue weighted by molar-refractivity contribution is -0.129. The molecule has 2 aromatic rings. The van der Waals surface area contributed by atoms with Crippen molar-refractivity contribution in [2.45, 2.75) is 51.3 Å². The molecule has 1 atom stereocenters. The Kier molecular flexibility index (Phi) is 9.42. The number of nitrogens with one attached hydrogen (secondary N) is 1. The molecule has 0 saturated carbocycles. The molecule has 35 heavy (non-hydrogen) atoms. The fourth-order valence-corrected chi connectivity index (χ4v) is 5.10. The number of rotatable bonds is 11. The smallest absolute Gasteiger partial charge is 0.242 e. The number of carbonyl (C=O) groups excluding carboxylic acids is 2. The highest BCUT2D eigenvalue weighted by Crippen LogP contribution is 2.37. The summed E-state index contributed by atoms with van der Waals surface area (Å²) in [5.74, 6) is 1.37. The van der Waals surface area contributed by atoms with Crippen LogP contribution in [0.3, 0.4) is 0 Å². The molecule has 1 aliphatic heterocycles. The Labute approximate surface area is 211 Å². The molecular weight excluding hydrogens is 466 g/mol. The zero-order valence-electron chi connectivity index (χ0n) is 20.9. The van der Waals surface area contributed by atoms with E-state index < -0.39 is 5.25 Å². The van der Waals surface area contributed by atoms with Crippen molar-refractivity contribution in [3.63, 3.8) is 0 Å². The number of aliphatic imine (C=N–C) groups is 1. The van der Waals surface area contributed by atoms with Crippen molar-refractivity contribution in [1.29, 1.82) is 0 Å². The highest BCUT2D eigenvalue weighted by molar-refractivity contribution is 8.15. The van der Waals surface area contributed by atoms with Crippen LogP contribution in [-0.2, 0) is 9.59 Å². The Morgan fingerprint density at radius 1 is 1.09 bits per heavy atom. The van der Waals surface area contributed by atoms with E-state index in [0.717, 1.165) is 12.8 Å². The van der Waals surface area contributed by atoms with Gasteiger partial charge in [-0.1, -0.05) is 37.7 Å². The predicted molar refractivity (Wildman–Crippen MR) is 140 cm³/mol. The first-order valence-corrected chi connectivity index (χ1v) is 12.7. The number of thioether (sulfide) groups is 1. The van der Waals surface area contributed by atoms with Crippen LogP contribution in [0.1, 0.15) is 40.0 Å². The number of amidine groups is 1. The summed E-state index contributed by atoms with van der Waals surface area (Å²) in [6.45, 7) is 6.53. The van der Waals surface area contributed by atoms with E-state index in [1.165, 1.54) is 18.9 Å². The lowest BCUT2D eigenvalue weighted by atomic mass is 10.1. The largest absolute Gasteiger partial charge is 0.497 e. The van der Waals surface area contributed by atoms with Gasteiger partial charge in [0.25, 0.3) is 0 Å². The van der Waals surface area contributed by atoms with Crippen LogP contribution >= 0.6 is 11.8 Å². The summed E-state index contributed by atoms with van der Waals surface area (Å²) >= 11 is 1.32. The van der Waals surface area contributed by atoms with E-state index >= 15 is 0 Å². The minimum absolute atomic E-state index is 0.000421.